The predicted octanol–water partition coefficient (Wildman–Crippen LogP) is 3.95. The number of ether oxygens (including phenoxy) is 1. The van der Waals surface area contributed by atoms with Crippen LogP contribution in [0.4, 0.5) is 23.7 Å². The quantitative estimate of drug-likeness (QED) is 0.591. The number of benzene rings is 1. The van der Waals surface area contributed by atoms with Crippen LogP contribution in [-0.4, -0.2) is 35.5 Å². The van der Waals surface area contributed by atoms with E-state index in [2.05, 4.69) is 15.4 Å². The maximum Gasteiger partial charge on any atom is 0.437 e. The van der Waals surface area contributed by atoms with Crippen molar-refractivity contribution in [3.05, 3.63) is 59.5 Å². The molecule has 2 heterocycles. The molecule has 0 saturated carbocycles. The van der Waals surface area contributed by atoms with Crippen LogP contribution in [-0.2, 0) is 16.0 Å². The summed E-state index contributed by atoms with van der Waals surface area (Å²) in [7, 11) is -3.55. The molecule has 0 bridgehead atoms. The van der Waals surface area contributed by atoms with Crippen LogP contribution >= 0.6 is 11.6 Å². The van der Waals surface area contributed by atoms with Gasteiger partial charge in [-0.3, -0.25) is 5.32 Å². The number of carbonyl (C=O) groups excluding carboxylic acids is 1. The molecular weight excluding hydrogens is 449 g/mol. The summed E-state index contributed by atoms with van der Waals surface area (Å²) in [5.74, 6) is -1.10. The first-order valence-corrected chi connectivity index (χ1v) is 10.3. The molecule has 158 valence electrons. The third-order valence-electron chi connectivity index (χ3n) is 3.63. The van der Waals surface area contributed by atoms with E-state index in [9.17, 15) is 26.4 Å². The van der Waals surface area contributed by atoms with Crippen molar-refractivity contribution in [1.82, 2.24) is 14.8 Å². The third kappa shape index (κ3) is 4.89. The van der Waals surface area contributed by atoms with E-state index < -0.39 is 33.6 Å². The van der Waals surface area contributed by atoms with Gasteiger partial charge in [0, 0.05) is 11.9 Å². The summed E-state index contributed by atoms with van der Waals surface area (Å²) >= 11 is 5.72. The smallest absolute Gasteiger partial charge is 0.406 e. The van der Waals surface area contributed by atoms with Crippen LogP contribution in [0.25, 0.3) is 5.82 Å². The summed E-state index contributed by atoms with van der Waals surface area (Å²) in [6, 6.07) is 9.15. The Bertz CT molecular complexity index is 1210. The van der Waals surface area contributed by atoms with E-state index in [0.29, 0.717) is 10.9 Å². The molecule has 0 saturated heterocycles. The molecule has 1 N–H and O–H groups in total. The van der Waals surface area contributed by atoms with Crippen LogP contribution < -0.4 is 10.1 Å². The fraction of sp³-hybridized carbons (Fsp3) is 0.118. The summed E-state index contributed by atoms with van der Waals surface area (Å²) in [6.45, 7) is 0. The summed E-state index contributed by atoms with van der Waals surface area (Å²) in [5, 5.41) is 5.71. The summed E-state index contributed by atoms with van der Waals surface area (Å²) < 4.78 is 69.1. The van der Waals surface area contributed by atoms with Crippen LogP contribution in [0, 0.1) is 0 Å². The van der Waals surface area contributed by atoms with Gasteiger partial charge in [-0.2, -0.15) is 18.3 Å². The molecule has 3 aromatic rings. The van der Waals surface area contributed by atoms with Gasteiger partial charge in [0.15, 0.2) is 27.1 Å². The first-order chi connectivity index (χ1) is 13.9. The highest BCUT2D eigenvalue weighted by atomic mass is 35.5. The van der Waals surface area contributed by atoms with Gasteiger partial charge >= 0.3 is 12.3 Å². The minimum atomic E-state index is -4.94. The molecule has 0 radical (unpaired) electrons. The molecule has 30 heavy (non-hydrogen) atoms. The molecule has 13 heteroatoms. The molecule has 0 spiro atoms. The molecule has 0 aliphatic carbocycles. The Morgan fingerprint density at radius 2 is 1.90 bits per heavy atom. The summed E-state index contributed by atoms with van der Waals surface area (Å²) in [6.07, 6.45) is -4.53. The number of sulfone groups is 1. The number of nitrogens with one attached hydrogen (secondary N) is 1. The number of rotatable bonds is 4. The van der Waals surface area contributed by atoms with Gasteiger partial charge < -0.3 is 4.74 Å². The van der Waals surface area contributed by atoms with Gasteiger partial charge in [0.1, 0.15) is 5.15 Å². The fourth-order valence-electron chi connectivity index (χ4n) is 2.40. The van der Waals surface area contributed by atoms with Crippen molar-refractivity contribution in [3.63, 3.8) is 0 Å². The minimum absolute atomic E-state index is 0.0142. The van der Waals surface area contributed by atoms with E-state index in [1.807, 2.05) is 0 Å². The summed E-state index contributed by atoms with van der Waals surface area (Å²) in [4.78, 5) is 15.8. The topological polar surface area (TPSA) is 103 Å². The Hall–Kier alpha value is -3.12. The molecule has 0 aliphatic heterocycles. The fourth-order valence-corrected chi connectivity index (χ4v) is 3.23. The number of alkyl halides is 3. The van der Waals surface area contributed by atoms with Gasteiger partial charge in [-0.05, 0) is 30.3 Å². The van der Waals surface area contributed by atoms with Crippen LogP contribution in [0.5, 0.6) is 5.75 Å². The zero-order valence-corrected chi connectivity index (χ0v) is 16.6. The van der Waals surface area contributed by atoms with Crippen molar-refractivity contribution in [1.29, 1.82) is 0 Å². The Balaban J connectivity index is 1.89. The zero-order valence-electron chi connectivity index (χ0n) is 15.0. The third-order valence-corrected chi connectivity index (χ3v) is 4.95. The number of pyridine rings is 1. The van der Waals surface area contributed by atoms with Gasteiger partial charge in [-0.25, -0.2) is 22.9 Å². The first kappa shape index (κ1) is 21.6. The molecule has 1 amide bonds. The van der Waals surface area contributed by atoms with E-state index >= 15 is 0 Å². The Kier molecular flexibility index (Phi) is 5.72. The Labute approximate surface area is 173 Å². The molecule has 3 rings (SSSR count). The van der Waals surface area contributed by atoms with Crippen LogP contribution in [0.3, 0.4) is 0 Å². The van der Waals surface area contributed by atoms with E-state index in [0.717, 1.165) is 12.3 Å². The highest BCUT2D eigenvalue weighted by molar-refractivity contribution is 7.90. The number of amides is 1. The largest absolute Gasteiger partial charge is 0.437 e. The van der Waals surface area contributed by atoms with Crippen molar-refractivity contribution in [2.45, 2.75) is 11.1 Å². The number of anilines is 1. The molecule has 0 unspecified atom stereocenters. The number of hydrogen-bond donors (Lipinski definition) is 1. The lowest BCUT2D eigenvalue weighted by atomic mass is 10.3. The van der Waals surface area contributed by atoms with Crippen LogP contribution in [0.15, 0.2) is 53.6 Å². The molecule has 2 aromatic heterocycles. The molecular formula is C17H12ClF3N4O4S. The predicted molar refractivity (Wildman–Crippen MR) is 101 cm³/mol. The Morgan fingerprint density at radius 3 is 2.53 bits per heavy atom. The first-order valence-electron chi connectivity index (χ1n) is 8.02. The lowest BCUT2D eigenvalue weighted by molar-refractivity contribution is -0.143. The number of aromatic nitrogens is 3. The van der Waals surface area contributed by atoms with Gasteiger partial charge in [-0.1, -0.05) is 23.7 Å². The van der Waals surface area contributed by atoms with E-state index in [1.165, 1.54) is 36.4 Å². The SMILES string of the molecule is CS(=O)(=O)c1cccc(NC(=O)Oc2cnn(-c3cccc(Cl)n3)c2C(F)(F)F)c1. The van der Waals surface area contributed by atoms with E-state index in [-0.39, 0.29) is 21.6 Å². The molecule has 0 fully saturated rings. The normalized spacial score (nSPS) is 11.9. The number of nitrogens with zero attached hydrogens (tertiary/aromatic N) is 3. The molecule has 0 atom stereocenters. The van der Waals surface area contributed by atoms with Crippen LogP contribution in [0.1, 0.15) is 5.69 Å². The maximum absolute atomic E-state index is 13.6. The van der Waals surface area contributed by atoms with E-state index in [1.54, 1.807) is 0 Å². The van der Waals surface area contributed by atoms with Crippen molar-refractivity contribution >= 4 is 33.2 Å². The number of hydrogen-bond acceptors (Lipinski definition) is 6. The molecule has 0 aliphatic rings. The van der Waals surface area contributed by atoms with Crippen molar-refractivity contribution in [2.24, 2.45) is 0 Å². The van der Waals surface area contributed by atoms with Crippen molar-refractivity contribution < 1.29 is 31.1 Å². The highest BCUT2D eigenvalue weighted by Gasteiger charge is 2.41. The summed E-state index contributed by atoms with van der Waals surface area (Å²) in [5.41, 5.74) is -1.36. The molecule has 8 nitrogen and oxygen atoms in total. The van der Waals surface area contributed by atoms with Gasteiger partial charge in [-0.15, -0.1) is 0 Å². The van der Waals surface area contributed by atoms with Crippen molar-refractivity contribution in [3.8, 4) is 11.6 Å². The number of carbonyl (C=O) groups is 1. The Morgan fingerprint density at radius 1 is 1.20 bits per heavy atom. The lowest BCUT2D eigenvalue weighted by Gasteiger charge is -2.12. The van der Waals surface area contributed by atoms with Crippen molar-refractivity contribution in [2.75, 3.05) is 11.6 Å². The monoisotopic (exact) mass is 460 g/mol. The van der Waals surface area contributed by atoms with Gasteiger partial charge in [0.05, 0.1) is 11.1 Å². The second-order valence-corrected chi connectivity index (χ2v) is 8.30. The average Bonchev–Trinajstić information content (AvgIpc) is 3.05. The van der Waals surface area contributed by atoms with Crippen LogP contribution in [0.2, 0.25) is 5.15 Å². The standard InChI is InChI=1S/C17H12ClF3N4O4S/c1-30(27,28)11-5-2-4-10(8-11)23-16(26)29-12-9-22-25(15(12)17(19,20)21)14-7-3-6-13(18)24-14/h2-9H,1H3,(H,23,26). The number of halogens is 4. The van der Waals surface area contributed by atoms with Gasteiger partial charge in [0.2, 0.25) is 0 Å². The molecule has 1 aromatic carbocycles. The lowest BCUT2D eigenvalue weighted by Crippen LogP contribution is -2.20. The average molecular weight is 461 g/mol. The maximum atomic E-state index is 13.6. The van der Waals surface area contributed by atoms with E-state index in [4.69, 9.17) is 16.3 Å². The second-order valence-electron chi connectivity index (χ2n) is 5.90. The highest BCUT2D eigenvalue weighted by Crippen LogP contribution is 2.37. The zero-order chi connectivity index (χ0) is 22.1. The minimum Gasteiger partial charge on any atom is -0.406 e. The van der Waals surface area contributed by atoms with Gasteiger partial charge in [0.25, 0.3) is 0 Å². The second kappa shape index (κ2) is 7.95.